The molecule has 0 radical (unpaired) electrons. The van der Waals surface area contributed by atoms with Crippen LogP contribution in [0.5, 0.6) is 0 Å². The first kappa shape index (κ1) is 7.73. The molecule has 4 nitrogen and oxygen atoms in total. The Bertz CT molecular complexity index is 225. The van der Waals surface area contributed by atoms with Gasteiger partial charge in [-0.15, -0.1) is 0 Å². The van der Waals surface area contributed by atoms with Crippen molar-refractivity contribution in [1.29, 1.82) is 5.26 Å². The number of rotatable bonds is 1. The van der Waals surface area contributed by atoms with Crippen molar-refractivity contribution in [3.05, 3.63) is 0 Å². The smallest absolute Gasteiger partial charge is 0.230 e. The summed E-state index contributed by atoms with van der Waals surface area (Å²) in [6.45, 7) is 1.54. The van der Waals surface area contributed by atoms with Crippen LogP contribution in [0.2, 0.25) is 0 Å². The molecule has 1 saturated heterocycles. The Morgan fingerprint density at radius 1 is 1.45 bits per heavy atom. The van der Waals surface area contributed by atoms with E-state index in [-0.39, 0.29) is 24.7 Å². The van der Waals surface area contributed by atoms with Gasteiger partial charge in [-0.1, -0.05) is 0 Å². The van der Waals surface area contributed by atoms with Crippen molar-refractivity contribution in [2.75, 3.05) is 0 Å². The third-order valence-corrected chi connectivity index (χ3v) is 1.66. The Hall–Kier alpha value is -1.37. The molecule has 0 aliphatic carbocycles. The molecule has 4 heteroatoms. The summed E-state index contributed by atoms with van der Waals surface area (Å²) in [6, 6.07) is 1.24. The van der Waals surface area contributed by atoms with Crippen LogP contribution in [0, 0.1) is 11.3 Å². The molecule has 0 N–H and O–H groups in total. The minimum atomic E-state index is -0.613. The van der Waals surface area contributed by atoms with E-state index >= 15 is 0 Å². The molecule has 1 atom stereocenters. The zero-order chi connectivity index (χ0) is 8.43. The fourth-order valence-corrected chi connectivity index (χ4v) is 1.08. The highest BCUT2D eigenvalue weighted by molar-refractivity contribution is 6.02. The molecule has 1 unspecified atom stereocenters. The molecule has 1 fully saturated rings. The fraction of sp³-hybridized carbons (Fsp3) is 0.571. The van der Waals surface area contributed by atoms with Crippen molar-refractivity contribution >= 4 is 11.8 Å². The molecule has 0 aromatic heterocycles. The molecular weight excluding hydrogens is 144 g/mol. The number of imide groups is 1. The lowest BCUT2D eigenvalue weighted by Crippen LogP contribution is -2.36. The topological polar surface area (TPSA) is 61.2 Å². The minimum absolute atomic E-state index is 0.232. The van der Waals surface area contributed by atoms with Gasteiger partial charge in [-0.25, -0.2) is 0 Å². The van der Waals surface area contributed by atoms with Crippen LogP contribution in [0.4, 0.5) is 0 Å². The number of nitrogens with zero attached hydrogens (tertiary/aromatic N) is 2. The van der Waals surface area contributed by atoms with E-state index in [2.05, 4.69) is 0 Å². The van der Waals surface area contributed by atoms with Gasteiger partial charge in [-0.3, -0.25) is 14.5 Å². The van der Waals surface area contributed by atoms with Gasteiger partial charge in [0.25, 0.3) is 0 Å². The first-order valence-corrected chi connectivity index (χ1v) is 3.41. The summed E-state index contributed by atoms with van der Waals surface area (Å²) in [5.74, 6) is -0.465. The molecule has 11 heavy (non-hydrogen) atoms. The standard InChI is InChI=1S/C7H8N2O2/c1-5(4-8)9-6(10)2-3-7(9)11/h5H,2-3H2,1H3. The summed E-state index contributed by atoms with van der Waals surface area (Å²) < 4.78 is 0. The third kappa shape index (κ3) is 1.22. The quantitative estimate of drug-likeness (QED) is 0.498. The van der Waals surface area contributed by atoms with Crippen LogP contribution in [0.3, 0.4) is 0 Å². The third-order valence-electron chi connectivity index (χ3n) is 1.66. The van der Waals surface area contributed by atoms with Crippen LogP contribution in [0.1, 0.15) is 19.8 Å². The van der Waals surface area contributed by atoms with E-state index in [0.29, 0.717) is 0 Å². The first-order valence-electron chi connectivity index (χ1n) is 3.41. The number of hydrogen-bond donors (Lipinski definition) is 0. The number of likely N-dealkylation sites (tertiary alicyclic amines) is 1. The van der Waals surface area contributed by atoms with E-state index in [4.69, 9.17) is 5.26 Å². The van der Waals surface area contributed by atoms with Gasteiger partial charge in [0.05, 0.1) is 6.07 Å². The maximum atomic E-state index is 10.9. The summed E-state index contributed by atoms with van der Waals surface area (Å²) in [5, 5.41) is 8.43. The Morgan fingerprint density at radius 3 is 2.27 bits per heavy atom. The molecular formula is C7H8N2O2. The molecule has 0 saturated carbocycles. The molecule has 58 valence electrons. The molecule has 0 spiro atoms. The summed E-state index contributed by atoms with van der Waals surface area (Å²) in [6.07, 6.45) is 0.510. The van der Waals surface area contributed by atoms with Crippen LogP contribution in [-0.4, -0.2) is 22.8 Å². The summed E-state index contributed by atoms with van der Waals surface area (Å²) in [7, 11) is 0. The fourth-order valence-electron chi connectivity index (χ4n) is 1.08. The average Bonchev–Trinajstić information content (AvgIpc) is 2.30. The summed E-state index contributed by atoms with van der Waals surface area (Å²) in [5.41, 5.74) is 0. The molecule has 1 aliphatic rings. The van der Waals surface area contributed by atoms with Crippen molar-refractivity contribution in [2.24, 2.45) is 0 Å². The Morgan fingerprint density at radius 2 is 1.91 bits per heavy atom. The van der Waals surface area contributed by atoms with Gasteiger partial charge in [0.15, 0.2) is 0 Å². The van der Waals surface area contributed by atoms with Crippen LogP contribution in [-0.2, 0) is 9.59 Å². The van der Waals surface area contributed by atoms with E-state index in [0.717, 1.165) is 4.90 Å². The molecule has 2 amide bonds. The molecule has 0 aromatic rings. The predicted octanol–water partition coefficient (Wildman–Crippen LogP) is 0.0475. The Labute approximate surface area is 64.4 Å². The highest BCUT2D eigenvalue weighted by atomic mass is 16.2. The molecule has 1 heterocycles. The maximum Gasteiger partial charge on any atom is 0.230 e. The van der Waals surface area contributed by atoms with Gasteiger partial charge in [-0.2, -0.15) is 5.26 Å². The zero-order valence-electron chi connectivity index (χ0n) is 6.20. The Kier molecular flexibility index (Phi) is 1.90. The van der Waals surface area contributed by atoms with Gasteiger partial charge < -0.3 is 0 Å². The van der Waals surface area contributed by atoms with Gasteiger partial charge in [0.2, 0.25) is 11.8 Å². The predicted molar refractivity (Wildman–Crippen MR) is 36.2 cm³/mol. The largest absolute Gasteiger partial charge is 0.274 e. The molecule has 0 aromatic carbocycles. The highest BCUT2D eigenvalue weighted by Crippen LogP contribution is 2.14. The maximum absolute atomic E-state index is 10.9. The molecule has 1 aliphatic heterocycles. The van der Waals surface area contributed by atoms with Crippen molar-refractivity contribution in [3.63, 3.8) is 0 Å². The second-order valence-electron chi connectivity index (χ2n) is 2.46. The lowest BCUT2D eigenvalue weighted by atomic mass is 10.3. The van der Waals surface area contributed by atoms with E-state index in [9.17, 15) is 9.59 Å². The Balaban J connectivity index is 2.78. The monoisotopic (exact) mass is 152 g/mol. The van der Waals surface area contributed by atoms with E-state index in [1.807, 2.05) is 6.07 Å². The average molecular weight is 152 g/mol. The van der Waals surface area contributed by atoms with Crippen molar-refractivity contribution < 1.29 is 9.59 Å². The van der Waals surface area contributed by atoms with Crippen molar-refractivity contribution in [2.45, 2.75) is 25.8 Å². The number of carbonyl (C=O) groups excluding carboxylic acids is 2. The lowest BCUT2D eigenvalue weighted by molar-refractivity contribution is -0.139. The second-order valence-corrected chi connectivity index (χ2v) is 2.46. The summed E-state index contributed by atoms with van der Waals surface area (Å²) >= 11 is 0. The van der Waals surface area contributed by atoms with Gasteiger partial charge in [0, 0.05) is 12.8 Å². The van der Waals surface area contributed by atoms with E-state index < -0.39 is 6.04 Å². The zero-order valence-corrected chi connectivity index (χ0v) is 6.20. The first-order chi connectivity index (χ1) is 5.16. The van der Waals surface area contributed by atoms with Crippen LogP contribution in [0.15, 0.2) is 0 Å². The van der Waals surface area contributed by atoms with Crippen LogP contribution in [0.25, 0.3) is 0 Å². The SMILES string of the molecule is CC(C#N)N1C(=O)CCC1=O. The van der Waals surface area contributed by atoms with Crippen LogP contribution >= 0.6 is 0 Å². The summed E-state index contributed by atoms with van der Waals surface area (Å²) in [4.78, 5) is 22.9. The van der Waals surface area contributed by atoms with Gasteiger partial charge in [0.1, 0.15) is 6.04 Å². The van der Waals surface area contributed by atoms with Crippen molar-refractivity contribution in [3.8, 4) is 6.07 Å². The number of amides is 2. The minimum Gasteiger partial charge on any atom is -0.274 e. The molecule has 1 rings (SSSR count). The number of carbonyl (C=O) groups is 2. The van der Waals surface area contributed by atoms with E-state index in [1.54, 1.807) is 6.92 Å². The van der Waals surface area contributed by atoms with Gasteiger partial charge in [-0.05, 0) is 6.92 Å². The number of nitriles is 1. The lowest BCUT2D eigenvalue weighted by Gasteiger charge is -2.14. The van der Waals surface area contributed by atoms with Crippen LogP contribution < -0.4 is 0 Å². The normalized spacial score (nSPS) is 20.2. The number of hydrogen-bond acceptors (Lipinski definition) is 3. The molecule has 0 bridgehead atoms. The van der Waals surface area contributed by atoms with Gasteiger partial charge >= 0.3 is 0 Å². The van der Waals surface area contributed by atoms with E-state index in [1.165, 1.54) is 0 Å². The highest BCUT2D eigenvalue weighted by Gasteiger charge is 2.32. The second kappa shape index (κ2) is 2.70. The van der Waals surface area contributed by atoms with Crippen molar-refractivity contribution in [1.82, 2.24) is 4.90 Å².